The smallest absolute Gasteiger partial charge is 0.358 e. The van der Waals surface area contributed by atoms with Gasteiger partial charge in [-0.2, -0.15) is 35.9 Å². The molecule has 0 spiro atoms. The Morgan fingerprint density at radius 2 is 1.56 bits per heavy atom. The van der Waals surface area contributed by atoms with Gasteiger partial charge in [0.05, 0.1) is 0 Å². The third kappa shape index (κ3) is 9.20. The van der Waals surface area contributed by atoms with Gasteiger partial charge in [-0.15, -0.1) is 36.8 Å². The van der Waals surface area contributed by atoms with E-state index >= 15 is 0 Å². The Kier molecular flexibility index (Phi) is 23.8. The predicted octanol–water partition coefficient (Wildman–Crippen LogP) is 5.50. The van der Waals surface area contributed by atoms with Crippen molar-refractivity contribution in [3.8, 4) is 11.1 Å². The van der Waals surface area contributed by atoms with Crippen LogP contribution in [-0.2, 0) is 32.6 Å². The summed E-state index contributed by atoms with van der Waals surface area (Å²) in [6, 6.07) is 18.1. The molecule has 0 saturated heterocycles. The Labute approximate surface area is 190 Å². The molecule has 134 valence electrons. The fraction of sp³-hybridized carbons (Fsp3) is 0.190. The molecule has 2 radical (unpaired) electrons. The van der Waals surface area contributed by atoms with E-state index in [1.807, 2.05) is 32.1 Å². The maximum atomic E-state index is 3.30. The topological polar surface area (TPSA) is 0 Å². The quantitative estimate of drug-likeness (QED) is 0.301. The third-order valence-corrected chi connectivity index (χ3v) is 3.20. The number of halogens is 2. The van der Waals surface area contributed by atoms with Crippen LogP contribution in [-0.4, -0.2) is 11.0 Å². The minimum atomic E-state index is 0. The van der Waals surface area contributed by atoms with Crippen molar-refractivity contribution in [2.75, 3.05) is 0 Å². The number of benzene rings is 2. The molecule has 2 aromatic rings. The van der Waals surface area contributed by atoms with Crippen molar-refractivity contribution in [2.45, 2.75) is 26.7 Å². The molecule has 0 nitrogen and oxygen atoms in total. The molecule has 0 aliphatic heterocycles. The molecule has 0 atom stereocenters. The number of hydrogen-bond acceptors (Lipinski definition) is 0. The molecule has 25 heavy (non-hydrogen) atoms. The molecular weight excluding hydrogens is 442 g/mol. The molecular formula is C21H28Cl2SiZr. The fourth-order valence-electron chi connectivity index (χ4n) is 2.34. The molecule has 0 saturated carbocycles. The third-order valence-electron chi connectivity index (χ3n) is 3.20. The average Bonchev–Trinajstić information content (AvgIpc) is 3.20. The minimum Gasteiger partial charge on any atom is -0.358 e. The summed E-state index contributed by atoms with van der Waals surface area (Å²) in [7, 11) is 0. The first-order valence-corrected chi connectivity index (χ1v) is 7.25. The largest absolute Gasteiger partial charge is 3.00 e. The summed E-state index contributed by atoms with van der Waals surface area (Å²) in [5, 5.41) is 0. The summed E-state index contributed by atoms with van der Waals surface area (Å²) < 4.78 is 0. The number of rotatable bonds is 0. The molecule has 2 aliphatic rings. The van der Waals surface area contributed by atoms with Crippen molar-refractivity contribution in [1.82, 2.24) is 0 Å². The first kappa shape index (κ1) is 32.3. The standard InChI is InChI=1S/C13H9.C5H5.C2H6.CH3.2ClH.H3Si.Zr/c1-3-7-12-10(5-1)9-11-6-2-4-8-13(11)12;1-2-4-5-3-1;1-2;;;;;/h1-5,7-8H,9H2;1-3H,4H2;1-2H3;1H3;2*1H;1H3;/q2*-1;;-1;;;;+3. The number of hydrogen-bond donors (Lipinski definition) is 0. The zero-order chi connectivity index (χ0) is 14.2. The van der Waals surface area contributed by atoms with Gasteiger partial charge in [-0.05, 0) is 17.4 Å². The van der Waals surface area contributed by atoms with Crippen molar-refractivity contribution in [1.29, 1.82) is 0 Å². The van der Waals surface area contributed by atoms with Gasteiger partial charge in [-0.25, -0.2) is 12.2 Å². The predicted molar refractivity (Wildman–Crippen MR) is 117 cm³/mol. The normalized spacial score (nSPS) is 10.2. The van der Waals surface area contributed by atoms with Gasteiger partial charge in [-0.3, -0.25) is 6.08 Å². The summed E-state index contributed by atoms with van der Waals surface area (Å²) in [5.41, 5.74) is 5.51. The van der Waals surface area contributed by atoms with Gasteiger partial charge in [0, 0.05) is 0 Å². The van der Waals surface area contributed by atoms with Gasteiger partial charge >= 0.3 is 26.2 Å². The van der Waals surface area contributed by atoms with Crippen molar-refractivity contribution >= 4 is 35.8 Å². The van der Waals surface area contributed by atoms with Crippen LogP contribution in [0.3, 0.4) is 0 Å². The molecule has 4 rings (SSSR count). The van der Waals surface area contributed by atoms with Crippen LogP contribution in [0.4, 0.5) is 0 Å². The molecule has 0 aromatic heterocycles. The maximum Gasteiger partial charge on any atom is 3.00 e. The second kappa shape index (κ2) is 18.4. The van der Waals surface area contributed by atoms with Crippen LogP contribution in [0.1, 0.15) is 31.4 Å². The Morgan fingerprint density at radius 1 is 0.920 bits per heavy atom. The molecule has 0 bridgehead atoms. The Bertz CT molecular complexity index is 571. The van der Waals surface area contributed by atoms with Gasteiger partial charge in [0.25, 0.3) is 0 Å². The van der Waals surface area contributed by atoms with E-state index in [1.165, 1.54) is 22.3 Å². The van der Waals surface area contributed by atoms with Gasteiger partial charge in [0.1, 0.15) is 0 Å². The van der Waals surface area contributed by atoms with Crippen LogP contribution in [0.2, 0.25) is 0 Å². The van der Waals surface area contributed by atoms with Crippen molar-refractivity contribution in [2.24, 2.45) is 0 Å². The van der Waals surface area contributed by atoms with Crippen LogP contribution >= 0.6 is 24.8 Å². The molecule has 4 heteroatoms. The molecule has 2 aromatic carbocycles. The monoisotopic (exact) mass is 468 g/mol. The summed E-state index contributed by atoms with van der Waals surface area (Å²) in [6.45, 7) is 4.00. The van der Waals surface area contributed by atoms with E-state index in [-0.39, 0.29) is 69.4 Å². The first-order valence-electron chi connectivity index (χ1n) is 7.25. The van der Waals surface area contributed by atoms with E-state index in [9.17, 15) is 0 Å². The van der Waals surface area contributed by atoms with Gasteiger partial charge < -0.3 is 7.43 Å². The molecule has 2 aliphatic carbocycles. The van der Waals surface area contributed by atoms with Crippen molar-refractivity contribution in [3.63, 3.8) is 0 Å². The average molecular weight is 471 g/mol. The van der Waals surface area contributed by atoms with E-state index in [4.69, 9.17) is 0 Å². The zero-order valence-electron chi connectivity index (χ0n) is 15.5. The number of allylic oxidation sites excluding steroid dienone is 4. The van der Waals surface area contributed by atoms with Crippen LogP contribution in [0.25, 0.3) is 11.1 Å². The van der Waals surface area contributed by atoms with E-state index in [2.05, 4.69) is 54.6 Å². The van der Waals surface area contributed by atoms with Crippen molar-refractivity contribution in [3.05, 3.63) is 91.4 Å². The first-order chi connectivity index (χ1) is 9.95. The fourth-order valence-corrected chi connectivity index (χ4v) is 2.34. The van der Waals surface area contributed by atoms with Crippen LogP contribution in [0.5, 0.6) is 0 Å². The summed E-state index contributed by atoms with van der Waals surface area (Å²) >= 11 is 0. The summed E-state index contributed by atoms with van der Waals surface area (Å²) in [4.78, 5) is 0. The van der Waals surface area contributed by atoms with Gasteiger partial charge in [-0.1, -0.05) is 49.2 Å². The van der Waals surface area contributed by atoms with Gasteiger partial charge in [0.2, 0.25) is 0 Å². The second-order valence-electron chi connectivity index (χ2n) is 4.40. The van der Waals surface area contributed by atoms with Crippen molar-refractivity contribution < 1.29 is 26.2 Å². The van der Waals surface area contributed by atoms with Crippen LogP contribution in [0, 0.1) is 19.6 Å². The SMILES string of the molecule is CC.Cl.Cl.[C-]1=CC=CC1.[CH3-].[SiH3].[Zr+3].[c-]1cccc2c1Cc1ccccc1-2. The molecule has 0 heterocycles. The summed E-state index contributed by atoms with van der Waals surface area (Å²) in [6.07, 6.45) is 11.0. The van der Waals surface area contributed by atoms with E-state index in [1.54, 1.807) is 0 Å². The van der Waals surface area contributed by atoms with E-state index in [0.717, 1.165) is 12.8 Å². The molecule has 0 amide bonds. The molecule has 0 fully saturated rings. The van der Waals surface area contributed by atoms with Gasteiger partial charge in [0.15, 0.2) is 0 Å². The summed E-state index contributed by atoms with van der Waals surface area (Å²) in [5.74, 6) is 0. The van der Waals surface area contributed by atoms with Crippen LogP contribution in [0.15, 0.2) is 60.7 Å². The molecule has 0 unspecified atom stereocenters. The zero-order valence-corrected chi connectivity index (χ0v) is 21.6. The van der Waals surface area contributed by atoms with E-state index in [0.29, 0.717) is 0 Å². The minimum absolute atomic E-state index is 0. The Balaban J connectivity index is -0.000000162. The van der Waals surface area contributed by atoms with Crippen LogP contribution < -0.4 is 0 Å². The maximum absolute atomic E-state index is 3.30. The Hall–Kier alpha value is -0.400. The molecule has 0 N–H and O–H groups in total. The Morgan fingerprint density at radius 3 is 2.12 bits per heavy atom. The van der Waals surface area contributed by atoms with E-state index < -0.39 is 0 Å². The second-order valence-corrected chi connectivity index (χ2v) is 4.40. The number of fused-ring (bicyclic) bond motifs is 3.